The lowest BCUT2D eigenvalue weighted by molar-refractivity contribution is -0.118. The van der Waals surface area contributed by atoms with E-state index < -0.39 is 6.04 Å². The normalized spacial score (nSPS) is 11.5. The van der Waals surface area contributed by atoms with Crippen LogP contribution in [0.25, 0.3) is 11.1 Å². The van der Waals surface area contributed by atoms with Crippen LogP contribution < -0.4 is 10.6 Å². The van der Waals surface area contributed by atoms with Gasteiger partial charge < -0.3 is 10.6 Å². The first kappa shape index (κ1) is 22.1. The number of benzene rings is 3. The molecule has 154 valence electrons. The van der Waals surface area contributed by atoms with Gasteiger partial charge in [0.25, 0.3) is 5.91 Å². The Bertz CT molecular complexity index is 994. The highest BCUT2D eigenvalue weighted by Gasteiger charge is 2.22. The zero-order valence-corrected chi connectivity index (χ0v) is 19.0. The smallest absolute Gasteiger partial charge is 0.253 e. The van der Waals surface area contributed by atoms with E-state index in [4.69, 9.17) is 0 Å². The first-order chi connectivity index (χ1) is 14.6. The second-order valence-corrected chi connectivity index (χ2v) is 8.56. The standard InChI is InChI=1S/C24H23BrN2O2S/c1-30-16-15-22(27-23(28)20-9-5-6-10-21(20)25)24(29)26-19-13-11-18(12-14-19)17-7-3-2-4-8-17/h2-14,22H,15-16H2,1H3,(H,26,29)(H,27,28)/t22-/m1/s1. The quantitative estimate of drug-likeness (QED) is 0.438. The van der Waals surface area contributed by atoms with Gasteiger partial charge in [-0.3, -0.25) is 9.59 Å². The highest BCUT2D eigenvalue weighted by atomic mass is 79.9. The molecule has 0 bridgehead atoms. The van der Waals surface area contributed by atoms with Gasteiger partial charge in [-0.05, 0) is 69.8 Å². The Labute approximate surface area is 189 Å². The fourth-order valence-electron chi connectivity index (χ4n) is 2.99. The monoisotopic (exact) mass is 482 g/mol. The maximum atomic E-state index is 12.9. The molecule has 1 atom stereocenters. The maximum Gasteiger partial charge on any atom is 0.253 e. The fraction of sp³-hybridized carbons (Fsp3) is 0.167. The third-order valence-electron chi connectivity index (χ3n) is 4.61. The second kappa shape index (κ2) is 11.0. The maximum absolute atomic E-state index is 12.9. The van der Waals surface area contributed by atoms with Gasteiger partial charge in [0.1, 0.15) is 6.04 Å². The fourth-order valence-corrected chi connectivity index (χ4v) is 3.93. The summed E-state index contributed by atoms with van der Waals surface area (Å²) in [6.07, 6.45) is 2.53. The number of hydrogen-bond acceptors (Lipinski definition) is 3. The van der Waals surface area contributed by atoms with E-state index in [9.17, 15) is 9.59 Å². The van der Waals surface area contributed by atoms with Gasteiger partial charge in [0.15, 0.2) is 0 Å². The van der Waals surface area contributed by atoms with Gasteiger partial charge in [-0.25, -0.2) is 0 Å². The van der Waals surface area contributed by atoms with Crippen LogP contribution in [0.5, 0.6) is 0 Å². The lowest BCUT2D eigenvalue weighted by Gasteiger charge is -2.19. The van der Waals surface area contributed by atoms with Crippen LogP contribution in [0, 0.1) is 0 Å². The van der Waals surface area contributed by atoms with E-state index in [-0.39, 0.29) is 11.8 Å². The van der Waals surface area contributed by atoms with Crippen molar-refractivity contribution in [3.63, 3.8) is 0 Å². The predicted molar refractivity (Wildman–Crippen MR) is 129 cm³/mol. The molecule has 0 radical (unpaired) electrons. The molecule has 0 spiro atoms. The van der Waals surface area contributed by atoms with Crippen LogP contribution in [0.4, 0.5) is 5.69 Å². The van der Waals surface area contributed by atoms with Crippen LogP contribution in [0.2, 0.25) is 0 Å². The molecular weight excluding hydrogens is 460 g/mol. The number of thioether (sulfide) groups is 1. The molecule has 0 heterocycles. The summed E-state index contributed by atoms with van der Waals surface area (Å²) in [5.74, 6) is 0.265. The minimum absolute atomic E-state index is 0.225. The number of halogens is 1. The molecule has 3 aromatic rings. The van der Waals surface area contributed by atoms with Crippen molar-refractivity contribution < 1.29 is 9.59 Å². The largest absolute Gasteiger partial charge is 0.340 e. The highest BCUT2D eigenvalue weighted by Crippen LogP contribution is 2.21. The van der Waals surface area contributed by atoms with E-state index in [2.05, 4.69) is 26.6 Å². The Kier molecular flexibility index (Phi) is 8.11. The summed E-state index contributed by atoms with van der Waals surface area (Å²) in [5, 5.41) is 5.80. The molecule has 4 nitrogen and oxygen atoms in total. The van der Waals surface area contributed by atoms with Gasteiger partial charge in [0.2, 0.25) is 5.91 Å². The molecule has 30 heavy (non-hydrogen) atoms. The van der Waals surface area contributed by atoms with Crippen molar-refractivity contribution in [3.8, 4) is 11.1 Å². The molecule has 6 heteroatoms. The lowest BCUT2D eigenvalue weighted by atomic mass is 10.1. The Morgan fingerprint density at radius 1 is 0.900 bits per heavy atom. The van der Waals surface area contributed by atoms with Crippen LogP contribution in [0.3, 0.4) is 0 Å². The molecule has 0 saturated heterocycles. The van der Waals surface area contributed by atoms with Crippen LogP contribution in [0.15, 0.2) is 83.3 Å². The minimum atomic E-state index is -0.620. The molecule has 0 unspecified atom stereocenters. The van der Waals surface area contributed by atoms with Crippen LogP contribution in [-0.2, 0) is 4.79 Å². The van der Waals surface area contributed by atoms with Gasteiger partial charge in [-0.2, -0.15) is 11.8 Å². The lowest BCUT2D eigenvalue weighted by Crippen LogP contribution is -2.44. The first-order valence-corrected chi connectivity index (χ1v) is 11.8. The molecule has 0 aliphatic rings. The second-order valence-electron chi connectivity index (χ2n) is 6.72. The average molecular weight is 483 g/mol. The van der Waals surface area contributed by atoms with E-state index in [1.54, 1.807) is 30.0 Å². The summed E-state index contributed by atoms with van der Waals surface area (Å²) in [6, 6.07) is 24.3. The number of anilines is 1. The van der Waals surface area contributed by atoms with Crippen molar-refractivity contribution in [2.24, 2.45) is 0 Å². The van der Waals surface area contributed by atoms with Crippen LogP contribution >= 0.6 is 27.7 Å². The number of nitrogens with one attached hydrogen (secondary N) is 2. The number of carbonyl (C=O) groups is 2. The Morgan fingerprint density at radius 3 is 2.20 bits per heavy atom. The highest BCUT2D eigenvalue weighted by molar-refractivity contribution is 9.10. The average Bonchev–Trinajstić information content (AvgIpc) is 2.78. The summed E-state index contributed by atoms with van der Waals surface area (Å²) in [5.41, 5.74) is 3.40. The van der Waals surface area contributed by atoms with E-state index in [0.717, 1.165) is 16.9 Å². The Balaban J connectivity index is 1.69. The molecule has 3 aromatic carbocycles. The van der Waals surface area contributed by atoms with Crippen molar-refractivity contribution in [2.75, 3.05) is 17.3 Å². The minimum Gasteiger partial charge on any atom is -0.340 e. The van der Waals surface area contributed by atoms with E-state index in [1.807, 2.05) is 66.9 Å². The molecule has 3 rings (SSSR count). The molecule has 2 N–H and O–H groups in total. The molecule has 0 saturated carbocycles. The van der Waals surface area contributed by atoms with E-state index >= 15 is 0 Å². The third-order valence-corrected chi connectivity index (χ3v) is 5.95. The third kappa shape index (κ3) is 5.97. The molecule has 0 aliphatic carbocycles. The van der Waals surface area contributed by atoms with Crippen molar-refractivity contribution in [1.29, 1.82) is 0 Å². The molecule has 0 aromatic heterocycles. The van der Waals surface area contributed by atoms with E-state index in [0.29, 0.717) is 22.1 Å². The van der Waals surface area contributed by atoms with Crippen molar-refractivity contribution in [2.45, 2.75) is 12.5 Å². The molecule has 0 aliphatic heterocycles. The predicted octanol–water partition coefficient (Wildman–Crippen LogP) is 5.61. The first-order valence-electron chi connectivity index (χ1n) is 9.59. The number of hydrogen-bond donors (Lipinski definition) is 2. The van der Waals surface area contributed by atoms with E-state index in [1.165, 1.54) is 0 Å². The molecular formula is C24H23BrN2O2S. The molecule has 2 amide bonds. The summed E-state index contributed by atoms with van der Waals surface area (Å²) >= 11 is 5.03. The zero-order chi connectivity index (χ0) is 21.3. The van der Waals surface area contributed by atoms with Gasteiger partial charge in [-0.1, -0.05) is 54.6 Å². The van der Waals surface area contributed by atoms with Gasteiger partial charge in [0, 0.05) is 10.2 Å². The van der Waals surface area contributed by atoms with Crippen LogP contribution in [-0.4, -0.2) is 29.9 Å². The summed E-state index contributed by atoms with van der Waals surface area (Å²) in [4.78, 5) is 25.5. The summed E-state index contributed by atoms with van der Waals surface area (Å²) in [7, 11) is 0. The topological polar surface area (TPSA) is 58.2 Å². The van der Waals surface area contributed by atoms with Gasteiger partial charge >= 0.3 is 0 Å². The zero-order valence-electron chi connectivity index (χ0n) is 16.6. The van der Waals surface area contributed by atoms with Crippen LogP contribution in [0.1, 0.15) is 16.8 Å². The summed E-state index contributed by atoms with van der Waals surface area (Å²) < 4.78 is 0.697. The Morgan fingerprint density at radius 2 is 1.53 bits per heavy atom. The molecule has 0 fully saturated rings. The number of amides is 2. The van der Waals surface area contributed by atoms with Crippen molar-refractivity contribution in [1.82, 2.24) is 5.32 Å². The van der Waals surface area contributed by atoms with Gasteiger partial charge in [-0.15, -0.1) is 0 Å². The summed E-state index contributed by atoms with van der Waals surface area (Å²) in [6.45, 7) is 0. The number of carbonyl (C=O) groups excluding carboxylic acids is 2. The van der Waals surface area contributed by atoms with Crippen molar-refractivity contribution >= 4 is 45.2 Å². The Hall–Kier alpha value is -2.57. The SMILES string of the molecule is CSCC[C@@H](NC(=O)c1ccccc1Br)C(=O)Nc1ccc(-c2ccccc2)cc1. The number of rotatable bonds is 8. The van der Waals surface area contributed by atoms with Gasteiger partial charge in [0.05, 0.1) is 5.56 Å². The van der Waals surface area contributed by atoms with Crippen molar-refractivity contribution in [3.05, 3.63) is 88.9 Å².